The van der Waals surface area contributed by atoms with Crippen molar-refractivity contribution < 1.29 is 5.11 Å². The van der Waals surface area contributed by atoms with Crippen LogP contribution in [0.4, 0.5) is 0 Å². The number of allylic oxidation sites excluding steroid dienone is 1. The Balaban J connectivity index is 2.35. The summed E-state index contributed by atoms with van der Waals surface area (Å²) < 4.78 is 0. The molecule has 0 aliphatic heterocycles. The fourth-order valence-corrected chi connectivity index (χ4v) is 1.87. The van der Waals surface area contributed by atoms with Crippen LogP contribution >= 0.6 is 0 Å². The van der Waals surface area contributed by atoms with Crippen molar-refractivity contribution >= 4 is 0 Å². The van der Waals surface area contributed by atoms with E-state index in [2.05, 4.69) is 6.58 Å². The molecule has 0 aromatic carbocycles. The van der Waals surface area contributed by atoms with Crippen LogP contribution in [0, 0.1) is 5.92 Å². The third-order valence-corrected chi connectivity index (χ3v) is 2.48. The molecule has 1 fully saturated rings. The lowest BCUT2D eigenvalue weighted by molar-refractivity contribution is 0.0701. The highest BCUT2D eigenvalue weighted by Crippen LogP contribution is 2.28. The smallest absolute Gasteiger partial charge is 0.0571 e. The van der Waals surface area contributed by atoms with Gasteiger partial charge in [-0.1, -0.05) is 18.4 Å². The van der Waals surface area contributed by atoms with Crippen molar-refractivity contribution in [3.63, 3.8) is 0 Å². The van der Waals surface area contributed by atoms with Crippen LogP contribution in [0.15, 0.2) is 12.2 Å². The Kier molecular flexibility index (Phi) is 3.13. The van der Waals surface area contributed by atoms with E-state index in [4.69, 9.17) is 0 Å². The molecule has 1 N–H and O–H groups in total. The van der Waals surface area contributed by atoms with Gasteiger partial charge in [0, 0.05) is 0 Å². The zero-order valence-corrected chi connectivity index (χ0v) is 7.34. The largest absolute Gasteiger partial charge is 0.393 e. The van der Waals surface area contributed by atoms with Crippen molar-refractivity contribution in [2.75, 3.05) is 0 Å². The van der Waals surface area contributed by atoms with E-state index < -0.39 is 0 Å². The molecule has 11 heavy (non-hydrogen) atoms. The monoisotopic (exact) mass is 154 g/mol. The normalized spacial score (nSPS) is 31.8. The second kappa shape index (κ2) is 3.91. The lowest BCUT2D eigenvalue weighted by Gasteiger charge is -2.27. The summed E-state index contributed by atoms with van der Waals surface area (Å²) in [5.74, 6) is 0.501. The van der Waals surface area contributed by atoms with Crippen LogP contribution in [-0.2, 0) is 0 Å². The van der Waals surface area contributed by atoms with Gasteiger partial charge in [0.2, 0.25) is 0 Å². The summed E-state index contributed by atoms with van der Waals surface area (Å²) in [6.45, 7) is 5.92. The first kappa shape index (κ1) is 8.79. The third kappa shape index (κ3) is 2.66. The minimum Gasteiger partial charge on any atom is -0.393 e. The maximum Gasteiger partial charge on any atom is 0.0571 e. The highest BCUT2D eigenvalue weighted by molar-refractivity contribution is 4.93. The van der Waals surface area contributed by atoms with Gasteiger partial charge in [-0.15, -0.1) is 6.58 Å². The van der Waals surface area contributed by atoms with E-state index in [1.54, 1.807) is 0 Å². The molecule has 1 saturated carbocycles. The Morgan fingerprint density at radius 3 is 2.64 bits per heavy atom. The second-order valence-electron chi connectivity index (χ2n) is 3.77. The number of hydrogen-bond donors (Lipinski definition) is 1. The summed E-state index contributed by atoms with van der Waals surface area (Å²) in [6, 6.07) is 0. The number of hydrogen-bond acceptors (Lipinski definition) is 1. The highest BCUT2D eigenvalue weighted by Gasteiger charge is 2.22. The Morgan fingerprint density at radius 2 is 2.09 bits per heavy atom. The molecule has 1 heteroatoms. The van der Waals surface area contributed by atoms with E-state index in [9.17, 15) is 5.11 Å². The van der Waals surface area contributed by atoms with E-state index in [-0.39, 0.29) is 6.10 Å². The average Bonchev–Trinajstić information content (AvgIpc) is 1.93. The average molecular weight is 154 g/mol. The van der Waals surface area contributed by atoms with Gasteiger partial charge in [-0.3, -0.25) is 0 Å². The van der Waals surface area contributed by atoms with Crippen molar-refractivity contribution in [1.29, 1.82) is 0 Å². The standard InChI is InChI=1S/C10H18O/c1-8(2)7-9-5-3-4-6-10(9)11/h9-11H,1,3-7H2,2H3/t9-,10-/m1/s1. The van der Waals surface area contributed by atoms with Gasteiger partial charge in [0.05, 0.1) is 6.10 Å². The quantitative estimate of drug-likeness (QED) is 0.606. The van der Waals surface area contributed by atoms with Crippen molar-refractivity contribution in [3.8, 4) is 0 Å². The highest BCUT2D eigenvalue weighted by atomic mass is 16.3. The predicted molar refractivity (Wildman–Crippen MR) is 47.4 cm³/mol. The molecule has 1 aliphatic rings. The van der Waals surface area contributed by atoms with Gasteiger partial charge in [-0.2, -0.15) is 0 Å². The number of rotatable bonds is 2. The van der Waals surface area contributed by atoms with Crippen LogP contribution in [-0.4, -0.2) is 11.2 Å². The maximum absolute atomic E-state index is 9.58. The lowest BCUT2D eigenvalue weighted by Crippen LogP contribution is -2.24. The molecule has 0 aromatic rings. The van der Waals surface area contributed by atoms with Crippen molar-refractivity contribution in [1.82, 2.24) is 0 Å². The number of aliphatic hydroxyl groups is 1. The maximum atomic E-state index is 9.58. The summed E-state index contributed by atoms with van der Waals surface area (Å²) in [5, 5.41) is 9.58. The second-order valence-corrected chi connectivity index (χ2v) is 3.77. The molecule has 0 amide bonds. The molecule has 1 rings (SSSR count). The fraction of sp³-hybridized carbons (Fsp3) is 0.800. The molecule has 2 atom stereocenters. The van der Waals surface area contributed by atoms with Gasteiger partial charge in [0.25, 0.3) is 0 Å². The van der Waals surface area contributed by atoms with Crippen LogP contribution in [0.2, 0.25) is 0 Å². The first-order valence-corrected chi connectivity index (χ1v) is 4.52. The van der Waals surface area contributed by atoms with Crippen LogP contribution in [0.25, 0.3) is 0 Å². The van der Waals surface area contributed by atoms with Crippen molar-refractivity contribution in [2.24, 2.45) is 5.92 Å². The van der Waals surface area contributed by atoms with Gasteiger partial charge < -0.3 is 5.11 Å². The molecule has 0 unspecified atom stereocenters. The van der Waals surface area contributed by atoms with Crippen LogP contribution in [0.5, 0.6) is 0 Å². The number of aliphatic hydroxyl groups excluding tert-OH is 1. The SMILES string of the molecule is C=C(C)C[C@H]1CCCC[C@H]1O. The van der Waals surface area contributed by atoms with E-state index in [1.807, 2.05) is 6.92 Å². The molecule has 1 aliphatic carbocycles. The molecule has 1 nitrogen and oxygen atoms in total. The minimum atomic E-state index is -0.0551. The topological polar surface area (TPSA) is 20.2 Å². The van der Waals surface area contributed by atoms with E-state index in [0.29, 0.717) is 5.92 Å². The van der Waals surface area contributed by atoms with E-state index in [0.717, 1.165) is 12.8 Å². The predicted octanol–water partition coefficient (Wildman–Crippen LogP) is 2.50. The van der Waals surface area contributed by atoms with Crippen LogP contribution in [0.1, 0.15) is 39.0 Å². The van der Waals surface area contributed by atoms with Gasteiger partial charge in [0.1, 0.15) is 0 Å². The summed E-state index contributed by atoms with van der Waals surface area (Å²) >= 11 is 0. The minimum absolute atomic E-state index is 0.0551. The molecule has 0 saturated heterocycles. The Labute approximate surface area is 69.1 Å². The summed E-state index contributed by atoms with van der Waals surface area (Å²) in [5.41, 5.74) is 1.20. The summed E-state index contributed by atoms with van der Waals surface area (Å²) in [7, 11) is 0. The Bertz CT molecular complexity index is 140. The molecule has 64 valence electrons. The molecule has 0 heterocycles. The molecule has 0 aromatic heterocycles. The molecule has 0 bridgehead atoms. The lowest BCUT2D eigenvalue weighted by atomic mass is 9.83. The Morgan fingerprint density at radius 1 is 1.45 bits per heavy atom. The third-order valence-electron chi connectivity index (χ3n) is 2.48. The summed E-state index contributed by atoms with van der Waals surface area (Å²) in [4.78, 5) is 0. The Hall–Kier alpha value is -0.300. The first-order chi connectivity index (χ1) is 5.20. The fourth-order valence-electron chi connectivity index (χ4n) is 1.87. The van der Waals surface area contributed by atoms with Gasteiger partial charge in [-0.05, 0) is 32.1 Å². The van der Waals surface area contributed by atoms with Crippen LogP contribution in [0.3, 0.4) is 0 Å². The molecule has 0 radical (unpaired) electrons. The summed E-state index contributed by atoms with van der Waals surface area (Å²) in [6.07, 6.45) is 5.64. The van der Waals surface area contributed by atoms with Crippen LogP contribution < -0.4 is 0 Å². The van der Waals surface area contributed by atoms with Gasteiger partial charge in [0.15, 0.2) is 0 Å². The van der Waals surface area contributed by atoms with Crippen molar-refractivity contribution in [3.05, 3.63) is 12.2 Å². The zero-order chi connectivity index (χ0) is 8.27. The van der Waals surface area contributed by atoms with Gasteiger partial charge >= 0.3 is 0 Å². The molecule has 0 spiro atoms. The van der Waals surface area contributed by atoms with Crippen molar-refractivity contribution in [2.45, 2.75) is 45.1 Å². The molecular formula is C10H18O. The first-order valence-electron chi connectivity index (χ1n) is 4.52. The zero-order valence-electron chi connectivity index (χ0n) is 7.34. The van der Waals surface area contributed by atoms with E-state index in [1.165, 1.54) is 24.8 Å². The molecular weight excluding hydrogens is 136 g/mol. The van der Waals surface area contributed by atoms with Gasteiger partial charge in [-0.25, -0.2) is 0 Å². The van der Waals surface area contributed by atoms with E-state index >= 15 is 0 Å².